The standard InChI is InChI=1S/C14H17ClN2O4/c15-10-7-9(12(16)18)1-2-11(10)17-8-14(13(19)20)3-5-21-6-4-14/h1-2,7,17H,3-6,8H2,(H2,16,18)(H,19,20). The van der Waals surface area contributed by atoms with E-state index < -0.39 is 17.3 Å². The zero-order valence-corrected chi connectivity index (χ0v) is 12.2. The number of primary amides is 1. The van der Waals surface area contributed by atoms with Gasteiger partial charge in [-0.2, -0.15) is 0 Å². The van der Waals surface area contributed by atoms with E-state index in [1.165, 1.54) is 6.07 Å². The Kier molecular flexibility index (Phi) is 4.69. The van der Waals surface area contributed by atoms with E-state index in [0.29, 0.717) is 42.3 Å². The number of rotatable bonds is 5. The van der Waals surface area contributed by atoms with Crippen molar-refractivity contribution in [2.75, 3.05) is 25.1 Å². The first kappa shape index (κ1) is 15.6. The van der Waals surface area contributed by atoms with Crippen LogP contribution in [0.15, 0.2) is 18.2 Å². The Hall–Kier alpha value is -1.79. The maximum absolute atomic E-state index is 11.5. The summed E-state index contributed by atoms with van der Waals surface area (Å²) in [5, 5.41) is 12.8. The highest BCUT2D eigenvalue weighted by molar-refractivity contribution is 6.33. The van der Waals surface area contributed by atoms with Crippen LogP contribution in [0.3, 0.4) is 0 Å². The molecular weight excluding hydrogens is 296 g/mol. The number of halogens is 1. The van der Waals surface area contributed by atoms with Crippen molar-refractivity contribution in [2.24, 2.45) is 11.1 Å². The maximum atomic E-state index is 11.5. The van der Waals surface area contributed by atoms with Gasteiger partial charge < -0.3 is 20.9 Å². The van der Waals surface area contributed by atoms with E-state index in [4.69, 9.17) is 22.1 Å². The Morgan fingerprint density at radius 1 is 1.38 bits per heavy atom. The van der Waals surface area contributed by atoms with Gasteiger partial charge in [0.25, 0.3) is 0 Å². The number of carboxylic acid groups (broad SMARTS) is 1. The summed E-state index contributed by atoms with van der Waals surface area (Å²) in [5.74, 6) is -1.40. The van der Waals surface area contributed by atoms with Crippen molar-refractivity contribution in [3.05, 3.63) is 28.8 Å². The summed E-state index contributed by atoms with van der Waals surface area (Å²) in [5.41, 5.74) is 5.20. The Morgan fingerprint density at radius 3 is 2.57 bits per heavy atom. The molecule has 0 aromatic heterocycles. The number of hydrogen-bond donors (Lipinski definition) is 3. The summed E-state index contributed by atoms with van der Waals surface area (Å²) in [4.78, 5) is 22.6. The largest absolute Gasteiger partial charge is 0.481 e. The molecule has 4 N–H and O–H groups in total. The van der Waals surface area contributed by atoms with Gasteiger partial charge >= 0.3 is 5.97 Å². The second kappa shape index (κ2) is 6.32. The van der Waals surface area contributed by atoms with E-state index in [9.17, 15) is 14.7 Å². The number of benzene rings is 1. The second-order valence-corrected chi connectivity index (χ2v) is 5.52. The van der Waals surface area contributed by atoms with Crippen LogP contribution in [-0.4, -0.2) is 36.7 Å². The topological polar surface area (TPSA) is 102 Å². The molecule has 2 rings (SSSR count). The third-order valence-electron chi connectivity index (χ3n) is 3.77. The quantitative estimate of drug-likeness (QED) is 0.768. The van der Waals surface area contributed by atoms with Gasteiger partial charge in [0.05, 0.1) is 16.1 Å². The number of carbonyl (C=O) groups excluding carboxylic acids is 1. The number of amides is 1. The molecule has 7 heteroatoms. The van der Waals surface area contributed by atoms with Gasteiger partial charge in [-0.15, -0.1) is 0 Å². The van der Waals surface area contributed by atoms with Gasteiger partial charge in [0.1, 0.15) is 0 Å². The van der Waals surface area contributed by atoms with E-state index in [-0.39, 0.29) is 6.54 Å². The minimum absolute atomic E-state index is 0.251. The number of nitrogens with two attached hydrogens (primary N) is 1. The molecule has 0 radical (unpaired) electrons. The van der Waals surface area contributed by atoms with Crippen molar-refractivity contribution < 1.29 is 19.4 Å². The molecule has 1 heterocycles. The number of hydrogen-bond acceptors (Lipinski definition) is 4. The summed E-state index contributed by atoms with van der Waals surface area (Å²) < 4.78 is 5.22. The normalized spacial score (nSPS) is 17.2. The molecule has 1 fully saturated rings. The molecule has 0 bridgehead atoms. The monoisotopic (exact) mass is 312 g/mol. The Labute approximate surface area is 127 Å². The fourth-order valence-corrected chi connectivity index (χ4v) is 2.55. The minimum atomic E-state index is -0.857. The fraction of sp³-hybridized carbons (Fsp3) is 0.429. The average molecular weight is 313 g/mol. The van der Waals surface area contributed by atoms with Crippen molar-refractivity contribution >= 4 is 29.2 Å². The molecule has 0 spiro atoms. The summed E-state index contributed by atoms with van der Waals surface area (Å²) in [6.45, 7) is 1.12. The molecule has 0 saturated carbocycles. The highest BCUT2D eigenvalue weighted by Crippen LogP contribution is 2.32. The number of aliphatic carboxylic acids is 1. The number of carboxylic acids is 1. The number of nitrogens with one attached hydrogen (secondary N) is 1. The molecule has 6 nitrogen and oxygen atoms in total. The zero-order chi connectivity index (χ0) is 15.5. The number of anilines is 1. The number of carbonyl (C=O) groups is 2. The Morgan fingerprint density at radius 2 is 2.05 bits per heavy atom. The molecule has 21 heavy (non-hydrogen) atoms. The van der Waals surface area contributed by atoms with Crippen LogP contribution in [0.4, 0.5) is 5.69 Å². The van der Waals surface area contributed by atoms with Gasteiger partial charge in [-0.25, -0.2) is 0 Å². The Balaban J connectivity index is 2.11. The van der Waals surface area contributed by atoms with E-state index in [1.807, 2.05) is 0 Å². The van der Waals surface area contributed by atoms with Crippen molar-refractivity contribution in [1.29, 1.82) is 0 Å². The number of ether oxygens (including phenoxy) is 1. The lowest BCUT2D eigenvalue weighted by atomic mass is 9.80. The third-order valence-corrected chi connectivity index (χ3v) is 4.09. The third kappa shape index (κ3) is 3.46. The van der Waals surface area contributed by atoms with Gasteiger partial charge in [-0.1, -0.05) is 11.6 Å². The minimum Gasteiger partial charge on any atom is -0.481 e. The van der Waals surface area contributed by atoms with Crippen LogP contribution < -0.4 is 11.1 Å². The second-order valence-electron chi connectivity index (χ2n) is 5.11. The predicted molar refractivity (Wildman–Crippen MR) is 78.6 cm³/mol. The lowest BCUT2D eigenvalue weighted by Crippen LogP contribution is -2.42. The van der Waals surface area contributed by atoms with Crippen LogP contribution >= 0.6 is 11.6 Å². The van der Waals surface area contributed by atoms with Crippen molar-refractivity contribution in [1.82, 2.24) is 0 Å². The molecular formula is C14H17ClN2O4. The van der Waals surface area contributed by atoms with Gasteiger partial charge in [0, 0.05) is 25.3 Å². The first-order chi connectivity index (χ1) is 9.94. The highest BCUT2D eigenvalue weighted by atomic mass is 35.5. The molecule has 1 aliphatic heterocycles. The molecule has 1 aromatic carbocycles. The summed E-state index contributed by atoms with van der Waals surface area (Å²) in [6, 6.07) is 4.63. The maximum Gasteiger partial charge on any atom is 0.311 e. The Bertz CT molecular complexity index is 556. The lowest BCUT2D eigenvalue weighted by Gasteiger charge is -2.33. The molecule has 1 aromatic rings. The average Bonchev–Trinajstić information content (AvgIpc) is 2.46. The first-order valence-corrected chi connectivity index (χ1v) is 6.97. The molecule has 114 valence electrons. The lowest BCUT2D eigenvalue weighted by molar-refractivity contribution is -0.153. The van der Waals surface area contributed by atoms with Crippen LogP contribution in [-0.2, 0) is 9.53 Å². The molecule has 1 aliphatic rings. The van der Waals surface area contributed by atoms with E-state index in [2.05, 4.69) is 5.32 Å². The van der Waals surface area contributed by atoms with Crippen LogP contribution in [0.2, 0.25) is 5.02 Å². The smallest absolute Gasteiger partial charge is 0.311 e. The molecule has 1 amide bonds. The summed E-state index contributed by atoms with van der Waals surface area (Å²) >= 11 is 6.07. The van der Waals surface area contributed by atoms with Crippen molar-refractivity contribution in [2.45, 2.75) is 12.8 Å². The molecule has 0 unspecified atom stereocenters. The zero-order valence-electron chi connectivity index (χ0n) is 11.4. The van der Waals surface area contributed by atoms with Crippen LogP contribution in [0, 0.1) is 5.41 Å². The van der Waals surface area contributed by atoms with Crippen LogP contribution in [0.5, 0.6) is 0 Å². The van der Waals surface area contributed by atoms with Crippen LogP contribution in [0.1, 0.15) is 23.2 Å². The highest BCUT2D eigenvalue weighted by Gasteiger charge is 2.40. The van der Waals surface area contributed by atoms with E-state index in [1.54, 1.807) is 12.1 Å². The fourth-order valence-electron chi connectivity index (χ4n) is 2.30. The van der Waals surface area contributed by atoms with Crippen molar-refractivity contribution in [3.63, 3.8) is 0 Å². The first-order valence-electron chi connectivity index (χ1n) is 6.59. The van der Waals surface area contributed by atoms with Crippen molar-refractivity contribution in [3.8, 4) is 0 Å². The SMILES string of the molecule is NC(=O)c1ccc(NCC2(C(=O)O)CCOCC2)c(Cl)c1. The van der Waals surface area contributed by atoms with Gasteiger partial charge in [0.2, 0.25) is 5.91 Å². The van der Waals surface area contributed by atoms with E-state index in [0.717, 1.165) is 0 Å². The van der Waals surface area contributed by atoms with Gasteiger partial charge in [-0.3, -0.25) is 9.59 Å². The van der Waals surface area contributed by atoms with Gasteiger partial charge in [0.15, 0.2) is 0 Å². The van der Waals surface area contributed by atoms with E-state index >= 15 is 0 Å². The molecule has 0 aliphatic carbocycles. The molecule has 1 saturated heterocycles. The van der Waals surface area contributed by atoms with Gasteiger partial charge in [-0.05, 0) is 31.0 Å². The van der Waals surface area contributed by atoms with Crippen LogP contribution in [0.25, 0.3) is 0 Å². The predicted octanol–water partition coefficient (Wildman–Crippen LogP) is 1.73. The molecule has 0 atom stereocenters. The summed E-state index contributed by atoms with van der Waals surface area (Å²) in [6.07, 6.45) is 0.901. The summed E-state index contributed by atoms with van der Waals surface area (Å²) in [7, 11) is 0.